The SMILES string of the molecule is Cc1cc(-c2nnc(-c3nn(Cc4ccccc4F)c4ncccc34)nc2N)ccn1. The Kier molecular flexibility index (Phi) is 4.55. The van der Waals surface area contributed by atoms with Gasteiger partial charge in [0.05, 0.1) is 11.9 Å². The zero-order valence-electron chi connectivity index (χ0n) is 16.6. The minimum Gasteiger partial charge on any atom is -0.382 e. The van der Waals surface area contributed by atoms with Crippen LogP contribution in [-0.2, 0) is 6.54 Å². The summed E-state index contributed by atoms with van der Waals surface area (Å²) in [5, 5.41) is 13.9. The van der Waals surface area contributed by atoms with E-state index in [9.17, 15) is 4.39 Å². The van der Waals surface area contributed by atoms with Gasteiger partial charge in [-0.1, -0.05) is 18.2 Å². The van der Waals surface area contributed by atoms with Crippen molar-refractivity contribution in [3.05, 3.63) is 78.0 Å². The summed E-state index contributed by atoms with van der Waals surface area (Å²) >= 11 is 0. The van der Waals surface area contributed by atoms with Crippen LogP contribution in [0.25, 0.3) is 33.8 Å². The largest absolute Gasteiger partial charge is 0.382 e. The van der Waals surface area contributed by atoms with Crippen LogP contribution in [0.3, 0.4) is 0 Å². The monoisotopic (exact) mass is 412 g/mol. The summed E-state index contributed by atoms with van der Waals surface area (Å²) in [6, 6.07) is 13.9. The molecule has 0 aliphatic carbocycles. The fraction of sp³-hybridized carbons (Fsp3) is 0.0909. The summed E-state index contributed by atoms with van der Waals surface area (Å²) in [5.74, 6) is 0.205. The van der Waals surface area contributed by atoms with Crippen molar-refractivity contribution in [1.29, 1.82) is 0 Å². The Morgan fingerprint density at radius 1 is 0.968 bits per heavy atom. The number of aromatic nitrogens is 7. The maximum atomic E-state index is 14.2. The second-order valence-electron chi connectivity index (χ2n) is 7.03. The molecule has 2 N–H and O–H groups in total. The van der Waals surface area contributed by atoms with Gasteiger partial charge in [-0.15, -0.1) is 10.2 Å². The molecule has 8 nitrogen and oxygen atoms in total. The fourth-order valence-corrected chi connectivity index (χ4v) is 3.41. The number of hydrogen-bond acceptors (Lipinski definition) is 7. The average Bonchev–Trinajstić information content (AvgIpc) is 3.14. The minimum atomic E-state index is -0.303. The standard InChI is InChI=1S/C22H17FN8/c1-13-11-14(8-10-25-13)18-20(24)27-21(29-28-18)19-16-6-4-9-26-22(16)31(30-19)12-15-5-2-3-7-17(15)23/h2-11H,12H2,1H3,(H2,24,27,29). The van der Waals surface area contributed by atoms with Crippen LogP contribution < -0.4 is 5.73 Å². The first kappa shape index (κ1) is 18.7. The summed E-state index contributed by atoms with van der Waals surface area (Å²) in [6.07, 6.45) is 3.34. The Morgan fingerprint density at radius 2 is 1.84 bits per heavy atom. The van der Waals surface area contributed by atoms with Crippen LogP contribution >= 0.6 is 0 Å². The number of fused-ring (bicyclic) bond motifs is 1. The molecule has 5 rings (SSSR count). The van der Waals surface area contributed by atoms with E-state index in [0.717, 1.165) is 16.6 Å². The van der Waals surface area contributed by atoms with E-state index < -0.39 is 0 Å². The summed E-state index contributed by atoms with van der Waals surface area (Å²) in [6.45, 7) is 2.10. The highest BCUT2D eigenvalue weighted by Crippen LogP contribution is 2.28. The molecule has 0 saturated carbocycles. The van der Waals surface area contributed by atoms with Crippen molar-refractivity contribution in [2.75, 3.05) is 5.73 Å². The molecule has 9 heteroatoms. The molecule has 152 valence electrons. The molecule has 0 unspecified atom stereocenters. The second-order valence-corrected chi connectivity index (χ2v) is 7.03. The van der Waals surface area contributed by atoms with Crippen molar-refractivity contribution in [1.82, 2.24) is 34.9 Å². The van der Waals surface area contributed by atoms with E-state index in [1.165, 1.54) is 6.07 Å². The van der Waals surface area contributed by atoms with Crippen LogP contribution in [-0.4, -0.2) is 34.9 Å². The Bertz CT molecular complexity index is 1410. The zero-order valence-corrected chi connectivity index (χ0v) is 16.6. The molecule has 0 spiro atoms. The third-order valence-electron chi connectivity index (χ3n) is 4.88. The van der Waals surface area contributed by atoms with Crippen LogP contribution in [0.1, 0.15) is 11.3 Å². The predicted octanol–water partition coefficient (Wildman–Crippen LogP) is 3.42. The number of rotatable bonds is 4. The highest BCUT2D eigenvalue weighted by Gasteiger charge is 2.19. The Labute approximate surface area is 176 Å². The van der Waals surface area contributed by atoms with E-state index in [1.807, 2.05) is 19.1 Å². The second kappa shape index (κ2) is 7.52. The van der Waals surface area contributed by atoms with Crippen LogP contribution in [0.2, 0.25) is 0 Å². The van der Waals surface area contributed by atoms with Gasteiger partial charge in [0.1, 0.15) is 17.2 Å². The summed E-state index contributed by atoms with van der Waals surface area (Å²) in [5.41, 5.74) is 9.88. The molecular weight excluding hydrogens is 395 g/mol. The minimum absolute atomic E-state index is 0.220. The van der Waals surface area contributed by atoms with Gasteiger partial charge < -0.3 is 5.73 Å². The molecule has 31 heavy (non-hydrogen) atoms. The maximum absolute atomic E-state index is 14.2. The van der Waals surface area contributed by atoms with E-state index in [0.29, 0.717) is 22.6 Å². The first-order valence-electron chi connectivity index (χ1n) is 9.58. The molecule has 0 atom stereocenters. The van der Waals surface area contributed by atoms with Crippen LogP contribution in [0.4, 0.5) is 10.2 Å². The van der Waals surface area contributed by atoms with Crippen molar-refractivity contribution < 1.29 is 4.39 Å². The average molecular weight is 412 g/mol. The summed E-state index contributed by atoms with van der Waals surface area (Å²) < 4.78 is 15.8. The molecule has 0 amide bonds. The third kappa shape index (κ3) is 3.46. The predicted molar refractivity (Wildman–Crippen MR) is 114 cm³/mol. The Morgan fingerprint density at radius 3 is 2.65 bits per heavy atom. The van der Waals surface area contributed by atoms with Gasteiger partial charge in [-0.25, -0.2) is 19.0 Å². The number of nitrogen functional groups attached to an aromatic ring is 1. The Balaban J connectivity index is 1.59. The first-order valence-corrected chi connectivity index (χ1v) is 9.58. The molecule has 0 saturated heterocycles. The normalized spacial score (nSPS) is 11.2. The van der Waals surface area contributed by atoms with Crippen molar-refractivity contribution in [3.8, 4) is 22.8 Å². The summed E-state index contributed by atoms with van der Waals surface area (Å²) in [4.78, 5) is 13.0. The highest BCUT2D eigenvalue weighted by atomic mass is 19.1. The van der Waals surface area contributed by atoms with Crippen LogP contribution in [0.15, 0.2) is 60.9 Å². The van der Waals surface area contributed by atoms with Gasteiger partial charge in [0.25, 0.3) is 0 Å². The van der Waals surface area contributed by atoms with Crippen LogP contribution in [0.5, 0.6) is 0 Å². The number of anilines is 1. The molecule has 0 radical (unpaired) electrons. The van der Waals surface area contributed by atoms with Gasteiger partial charge in [0.15, 0.2) is 11.5 Å². The van der Waals surface area contributed by atoms with Crippen molar-refractivity contribution in [2.24, 2.45) is 0 Å². The van der Waals surface area contributed by atoms with Gasteiger partial charge in [-0.05, 0) is 37.3 Å². The topological polar surface area (TPSA) is 108 Å². The van der Waals surface area contributed by atoms with E-state index >= 15 is 0 Å². The smallest absolute Gasteiger partial charge is 0.204 e. The molecule has 0 aliphatic rings. The quantitative estimate of drug-likeness (QED) is 0.482. The molecule has 0 aliphatic heterocycles. The Hall–Kier alpha value is -4.27. The fourth-order valence-electron chi connectivity index (χ4n) is 3.41. The van der Waals surface area contributed by atoms with Crippen molar-refractivity contribution in [2.45, 2.75) is 13.5 Å². The van der Waals surface area contributed by atoms with Gasteiger partial charge in [0, 0.05) is 29.2 Å². The third-order valence-corrected chi connectivity index (χ3v) is 4.88. The number of benzene rings is 1. The van der Waals surface area contributed by atoms with Gasteiger partial charge in [-0.3, -0.25) is 4.98 Å². The number of hydrogen-bond donors (Lipinski definition) is 1. The van der Waals surface area contributed by atoms with E-state index in [4.69, 9.17) is 5.73 Å². The van der Waals surface area contributed by atoms with E-state index in [-0.39, 0.29) is 24.0 Å². The lowest BCUT2D eigenvalue weighted by atomic mass is 10.1. The molecule has 0 fully saturated rings. The lowest BCUT2D eigenvalue weighted by Crippen LogP contribution is -2.06. The van der Waals surface area contributed by atoms with Gasteiger partial charge >= 0.3 is 0 Å². The molecule has 4 aromatic heterocycles. The highest BCUT2D eigenvalue weighted by molar-refractivity contribution is 5.89. The molecule has 0 bridgehead atoms. The first-order chi connectivity index (χ1) is 15.1. The summed E-state index contributed by atoms with van der Waals surface area (Å²) in [7, 11) is 0. The lowest BCUT2D eigenvalue weighted by Gasteiger charge is -2.05. The number of nitrogens with zero attached hydrogens (tertiary/aromatic N) is 7. The van der Waals surface area contributed by atoms with Crippen molar-refractivity contribution in [3.63, 3.8) is 0 Å². The van der Waals surface area contributed by atoms with Crippen LogP contribution in [0, 0.1) is 12.7 Å². The van der Waals surface area contributed by atoms with E-state index in [2.05, 4.69) is 30.2 Å². The number of aryl methyl sites for hydroxylation is 1. The molecule has 4 heterocycles. The number of pyridine rings is 2. The molecule has 5 aromatic rings. The molecular formula is C22H17FN8. The number of halogens is 1. The van der Waals surface area contributed by atoms with Gasteiger partial charge in [0.2, 0.25) is 5.82 Å². The van der Waals surface area contributed by atoms with Crippen molar-refractivity contribution >= 4 is 16.9 Å². The van der Waals surface area contributed by atoms with E-state index in [1.54, 1.807) is 47.4 Å². The zero-order chi connectivity index (χ0) is 21.4. The maximum Gasteiger partial charge on any atom is 0.204 e. The van der Waals surface area contributed by atoms with Gasteiger partial charge in [-0.2, -0.15) is 5.10 Å². The number of nitrogens with two attached hydrogens (primary N) is 1. The lowest BCUT2D eigenvalue weighted by molar-refractivity contribution is 0.589. The molecule has 1 aromatic carbocycles.